The van der Waals surface area contributed by atoms with Gasteiger partial charge in [-0.2, -0.15) is 22.7 Å². The van der Waals surface area contributed by atoms with E-state index in [4.69, 9.17) is 10.1 Å². The molecule has 1 aromatic carbocycles. The van der Waals surface area contributed by atoms with Gasteiger partial charge in [-0.1, -0.05) is 6.07 Å². The normalized spacial score (nSPS) is 15.4. The van der Waals surface area contributed by atoms with Crippen LogP contribution in [0.1, 0.15) is 12.0 Å². The second-order valence-corrected chi connectivity index (χ2v) is 7.63. The van der Waals surface area contributed by atoms with E-state index in [9.17, 15) is 26.4 Å². The first kappa shape index (κ1) is 21.7. The number of nitrogens with one attached hydrogen (secondary N) is 2. The van der Waals surface area contributed by atoms with Crippen LogP contribution in [0.2, 0.25) is 0 Å². The van der Waals surface area contributed by atoms with Crippen LogP contribution in [0.3, 0.4) is 0 Å². The smallest absolute Gasteiger partial charge is 0.341 e. The van der Waals surface area contributed by atoms with Gasteiger partial charge in [0.15, 0.2) is 6.61 Å². The number of hydrogen-bond donors (Lipinski definition) is 2. The second kappa shape index (κ2) is 9.05. The zero-order valence-electron chi connectivity index (χ0n) is 14.5. The lowest BCUT2D eigenvalue weighted by atomic mass is 10.2. The number of nitrogens with zero attached hydrogens (tertiary/aromatic N) is 2. The van der Waals surface area contributed by atoms with Crippen LogP contribution in [0.25, 0.3) is 0 Å². The lowest BCUT2D eigenvalue weighted by Gasteiger charge is -2.26. The van der Waals surface area contributed by atoms with E-state index in [1.165, 1.54) is 6.08 Å². The van der Waals surface area contributed by atoms with Crippen molar-refractivity contribution in [3.05, 3.63) is 41.6 Å². The van der Waals surface area contributed by atoms with Crippen molar-refractivity contribution in [2.45, 2.75) is 17.5 Å². The highest BCUT2D eigenvalue weighted by Gasteiger charge is 2.33. The molecule has 152 valence electrons. The first-order valence-corrected chi connectivity index (χ1v) is 9.46. The monoisotopic (exact) mass is 418 g/mol. The van der Waals surface area contributed by atoms with Gasteiger partial charge in [0, 0.05) is 25.2 Å². The minimum absolute atomic E-state index is 0.0292. The SMILES string of the molecule is N#CCNC(=O)CONC1=CCN(S(=O)(=O)c2cccc(C(F)(F)F)c2)CC1. The van der Waals surface area contributed by atoms with Crippen LogP contribution >= 0.6 is 0 Å². The predicted molar refractivity (Wildman–Crippen MR) is 90.6 cm³/mol. The Kier molecular flexibility index (Phi) is 7.00. The summed E-state index contributed by atoms with van der Waals surface area (Å²) >= 11 is 0. The van der Waals surface area contributed by atoms with Gasteiger partial charge < -0.3 is 5.32 Å². The summed E-state index contributed by atoms with van der Waals surface area (Å²) in [5.74, 6) is -0.501. The summed E-state index contributed by atoms with van der Waals surface area (Å²) in [6, 6.07) is 5.32. The Morgan fingerprint density at radius 3 is 2.71 bits per heavy atom. The van der Waals surface area contributed by atoms with E-state index in [2.05, 4.69) is 10.8 Å². The fourth-order valence-corrected chi connectivity index (χ4v) is 3.75. The molecular weight excluding hydrogens is 401 g/mol. The summed E-state index contributed by atoms with van der Waals surface area (Å²) < 4.78 is 64.6. The zero-order chi connectivity index (χ0) is 20.8. The molecule has 2 N–H and O–H groups in total. The Morgan fingerprint density at radius 2 is 2.11 bits per heavy atom. The number of alkyl halides is 3. The van der Waals surface area contributed by atoms with Gasteiger partial charge in [-0.3, -0.25) is 15.1 Å². The van der Waals surface area contributed by atoms with Gasteiger partial charge in [0.1, 0.15) is 6.54 Å². The van der Waals surface area contributed by atoms with E-state index < -0.39 is 32.6 Å². The molecule has 0 fully saturated rings. The predicted octanol–water partition coefficient (Wildman–Crippen LogP) is 1.14. The van der Waals surface area contributed by atoms with Crippen LogP contribution in [-0.4, -0.2) is 44.9 Å². The Balaban J connectivity index is 1.96. The third-order valence-corrected chi connectivity index (χ3v) is 5.60. The van der Waals surface area contributed by atoms with Crippen molar-refractivity contribution in [3.63, 3.8) is 0 Å². The number of hydroxylamine groups is 1. The maximum Gasteiger partial charge on any atom is 0.416 e. The molecule has 0 radical (unpaired) electrons. The Bertz CT molecular complexity index is 894. The summed E-state index contributed by atoms with van der Waals surface area (Å²) in [4.78, 5) is 15.8. The maximum atomic E-state index is 12.8. The van der Waals surface area contributed by atoms with Crippen LogP contribution in [0.5, 0.6) is 0 Å². The molecule has 1 heterocycles. The molecule has 0 saturated heterocycles. The highest BCUT2D eigenvalue weighted by molar-refractivity contribution is 7.89. The molecule has 28 heavy (non-hydrogen) atoms. The fraction of sp³-hybridized carbons (Fsp3) is 0.375. The molecule has 0 aromatic heterocycles. The summed E-state index contributed by atoms with van der Waals surface area (Å²) in [6.45, 7) is -0.523. The van der Waals surface area contributed by atoms with Gasteiger partial charge in [-0.15, -0.1) is 0 Å². The topological polar surface area (TPSA) is 112 Å². The molecule has 8 nitrogen and oxygen atoms in total. The number of hydrogen-bond acceptors (Lipinski definition) is 6. The average molecular weight is 418 g/mol. The van der Waals surface area contributed by atoms with Crippen molar-refractivity contribution in [2.75, 3.05) is 26.2 Å². The van der Waals surface area contributed by atoms with Crippen molar-refractivity contribution >= 4 is 15.9 Å². The largest absolute Gasteiger partial charge is 0.416 e. The molecule has 1 amide bonds. The molecule has 0 bridgehead atoms. The van der Waals surface area contributed by atoms with Crippen molar-refractivity contribution in [2.24, 2.45) is 0 Å². The van der Waals surface area contributed by atoms with E-state index >= 15 is 0 Å². The van der Waals surface area contributed by atoms with Gasteiger partial charge in [0.05, 0.1) is 16.5 Å². The Hall–Kier alpha value is -2.62. The van der Waals surface area contributed by atoms with Gasteiger partial charge >= 0.3 is 6.18 Å². The van der Waals surface area contributed by atoms with Crippen LogP contribution < -0.4 is 10.8 Å². The van der Waals surface area contributed by atoms with E-state index in [1.54, 1.807) is 6.07 Å². The fourth-order valence-electron chi connectivity index (χ4n) is 2.33. The number of halogens is 3. The highest BCUT2D eigenvalue weighted by Crippen LogP contribution is 2.31. The van der Waals surface area contributed by atoms with Gasteiger partial charge in [0.25, 0.3) is 0 Å². The standard InChI is InChI=1S/C16H17F3N4O4S/c17-16(18,19)12-2-1-3-14(10-12)28(25,26)23-8-4-13(5-9-23)22-27-11-15(24)21-7-6-20/h1-4,10,22H,5,7-9,11H2,(H,21,24). The molecule has 2 rings (SSSR count). The first-order chi connectivity index (χ1) is 13.1. The number of carbonyl (C=O) groups excluding carboxylic acids is 1. The number of carbonyl (C=O) groups is 1. The molecule has 0 spiro atoms. The first-order valence-electron chi connectivity index (χ1n) is 8.02. The van der Waals surface area contributed by atoms with Gasteiger partial charge in [-0.05, 0) is 24.3 Å². The Labute approximate surface area is 159 Å². The molecule has 1 aliphatic rings. The third kappa shape index (κ3) is 5.69. The highest BCUT2D eigenvalue weighted by atomic mass is 32.2. The lowest BCUT2D eigenvalue weighted by Crippen LogP contribution is -2.37. The van der Waals surface area contributed by atoms with Crippen LogP contribution in [-0.2, 0) is 25.8 Å². The van der Waals surface area contributed by atoms with Crippen LogP contribution in [0.15, 0.2) is 40.9 Å². The third-order valence-electron chi connectivity index (χ3n) is 3.74. The molecule has 1 aromatic rings. The van der Waals surface area contributed by atoms with Crippen molar-refractivity contribution in [1.29, 1.82) is 5.26 Å². The lowest BCUT2D eigenvalue weighted by molar-refractivity contribution is -0.137. The number of benzene rings is 1. The van der Waals surface area contributed by atoms with E-state index in [1.807, 2.05) is 0 Å². The van der Waals surface area contributed by atoms with E-state index in [0.29, 0.717) is 11.8 Å². The molecule has 0 saturated carbocycles. The number of sulfonamides is 1. The number of nitriles is 1. The van der Waals surface area contributed by atoms with Crippen LogP contribution in [0, 0.1) is 11.3 Å². The number of amides is 1. The zero-order valence-corrected chi connectivity index (χ0v) is 15.3. The molecule has 12 heteroatoms. The Morgan fingerprint density at radius 1 is 1.36 bits per heavy atom. The minimum atomic E-state index is -4.64. The average Bonchev–Trinajstić information content (AvgIpc) is 2.66. The van der Waals surface area contributed by atoms with E-state index in [-0.39, 0.29) is 32.7 Å². The summed E-state index contributed by atoms with van der Waals surface area (Å²) in [5.41, 5.74) is 2.01. The second-order valence-electron chi connectivity index (χ2n) is 5.69. The minimum Gasteiger partial charge on any atom is -0.341 e. The summed E-state index contributed by atoms with van der Waals surface area (Å²) in [7, 11) is -4.09. The molecule has 0 atom stereocenters. The van der Waals surface area contributed by atoms with Crippen molar-refractivity contribution in [3.8, 4) is 6.07 Å². The van der Waals surface area contributed by atoms with Crippen LogP contribution in [0.4, 0.5) is 13.2 Å². The molecule has 0 unspecified atom stereocenters. The quantitative estimate of drug-likeness (QED) is 0.508. The van der Waals surface area contributed by atoms with E-state index in [0.717, 1.165) is 22.5 Å². The van der Waals surface area contributed by atoms with Gasteiger partial charge in [-0.25, -0.2) is 8.42 Å². The molecule has 1 aliphatic heterocycles. The van der Waals surface area contributed by atoms with Crippen molar-refractivity contribution < 1.29 is 31.2 Å². The summed E-state index contributed by atoms with van der Waals surface area (Å²) in [5, 5.41) is 10.6. The summed E-state index contributed by atoms with van der Waals surface area (Å²) in [6.07, 6.45) is -2.92. The molecular formula is C16H17F3N4O4S. The maximum absolute atomic E-state index is 12.8. The molecule has 0 aliphatic carbocycles. The van der Waals surface area contributed by atoms with Gasteiger partial charge in [0.2, 0.25) is 15.9 Å². The number of rotatable bonds is 7. The van der Waals surface area contributed by atoms with Crippen molar-refractivity contribution in [1.82, 2.24) is 15.1 Å².